The molecule has 2 fully saturated rings. The first kappa shape index (κ1) is 28.3. The number of aliphatic hydroxyl groups is 1. The second-order valence-electron chi connectivity index (χ2n) is 10.8. The van der Waals surface area contributed by atoms with Crippen molar-refractivity contribution < 1.29 is 27.9 Å². The molecule has 8 nitrogen and oxygen atoms in total. The fourth-order valence-electron chi connectivity index (χ4n) is 5.01. The molecule has 12 heteroatoms. The Bertz CT molecular complexity index is 1190. The highest BCUT2D eigenvalue weighted by molar-refractivity contribution is 7.17. The number of carbonyl (C=O) groups is 2. The van der Waals surface area contributed by atoms with Gasteiger partial charge in [-0.05, 0) is 71.4 Å². The highest BCUT2D eigenvalue weighted by Crippen LogP contribution is 2.41. The van der Waals surface area contributed by atoms with Crippen LogP contribution in [0.2, 0.25) is 0 Å². The summed E-state index contributed by atoms with van der Waals surface area (Å²) in [5, 5.41) is 15.5. The van der Waals surface area contributed by atoms with Crippen molar-refractivity contribution in [2.24, 2.45) is 0 Å². The van der Waals surface area contributed by atoms with Gasteiger partial charge in [-0.3, -0.25) is 9.59 Å². The van der Waals surface area contributed by atoms with E-state index >= 15 is 0 Å². The van der Waals surface area contributed by atoms with Crippen molar-refractivity contribution in [3.63, 3.8) is 0 Å². The SMILES string of the molecule is CC[C@H](Nc1cc(C)c(-c2sc(C(=O)N[C@H](C)C(C)(C)O)nc2C(=O)N2C3CCC2CC3)cn1)C(F)(F)F. The van der Waals surface area contributed by atoms with Crippen molar-refractivity contribution in [2.75, 3.05) is 5.32 Å². The molecule has 0 saturated carbocycles. The van der Waals surface area contributed by atoms with Gasteiger partial charge in [0, 0.05) is 23.8 Å². The number of carbonyl (C=O) groups excluding carboxylic acids is 2. The number of hydrogen-bond donors (Lipinski definition) is 3. The number of alkyl halides is 3. The molecule has 0 aliphatic carbocycles. The van der Waals surface area contributed by atoms with E-state index in [1.54, 1.807) is 27.7 Å². The van der Waals surface area contributed by atoms with Crippen LogP contribution in [-0.2, 0) is 0 Å². The summed E-state index contributed by atoms with van der Waals surface area (Å²) in [5.74, 6) is -0.697. The smallest absolute Gasteiger partial charge is 0.388 e. The van der Waals surface area contributed by atoms with Crippen molar-refractivity contribution in [1.29, 1.82) is 0 Å². The minimum atomic E-state index is -4.42. The van der Waals surface area contributed by atoms with Crippen LogP contribution in [0.25, 0.3) is 10.4 Å². The Kier molecular flexibility index (Phi) is 7.77. The molecule has 2 bridgehead atoms. The summed E-state index contributed by atoms with van der Waals surface area (Å²) in [4.78, 5) is 37.8. The van der Waals surface area contributed by atoms with Crippen LogP contribution in [0.1, 0.15) is 85.7 Å². The first-order valence-electron chi connectivity index (χ1n) is 12.9. The van der Waals surface area contributed by atoms with Crippen LogP contribution in [0.3, 0.4) is 0 Å². The Morgan fingerprint density at radius 2 is 1.82 bits per heavy atom. The minimum Gasteiger partial charge on any atom is -0.388 e. The number of nitrogens with one attached hydrogen (secondary N) is 2. The largest absolute Gasteiger partial charge is 0.408 e. The molecule has 2 aliphatic rings. The Hall–Kier alpha value is -2.73. The standard InChI is InChI=1S/C26H34F3N5O3S/c1-6-18(26(27,28)29)32-19-11-13(2)17(12-30-19)21-20(24(36)34-15-7-8-16(34)10-9-15)33-23(38-21)22(35)31-14(3)25(4,5)37/h11-12,14-16,18,37H,6-10H2,1-5H3,(H,30,32)(H,31,35)/t14-,15?,16?,18+/m1/s1. The molecule has 0 unspecified atom stereocenters. The predicted octanol–water partition coefficient (Wildman–Crippen LogP) is 4.92. The molecule has 2 amide bonds. The Morgan fingerprint density at radius 1 is 1.21 bits per heavy atom. The third-order valence-corrected chi connectivity index (χ3v) is 8.69. The van der Waals surface area contributed by atoms with E-state index < -0.39 is 29.8 Å². The fraction of sp³-hybridized carbons (Fsp3) is 0.615. The van der Waals surface area contributed by atoms with Crippen molar-refractivity contribution in [2.45, 2.75) is 103 Å². The summed E-state index contributed by atoms with van der Waals surface area (Å²) in [6.07, 6.45) is 0.591. The second kappa shape index (κ2) is 10.4. The van der Waals surface area contributed by atoms with E-state index in [9.17, 15) is 27.9 Å². The summed E-state index contributed by atoms with van der Waals surface area (Å²) >= 11 is 1.03. The number of amides is 2. The predicted molar refractivity (Wildman–Crippen MR) is 139 cm³/mol. The summed E-state index contributed by atoms with van der Waals surface area (Å²) in [6, 6.07) is -0.514. The van der Waals surface area contributed by atoms with Gasteiger partial charge in [-0.25, -0.2) is 9.97 Å². The molecule has 0 aromatic carbocycles. The maximum Gasteiger partial charge on any atom is 0.408 e. The number of nitrogens with zero attached hydrogens (tertiary/aromatic N) is 3. The maximum absolute atomic E-state index is 13.7. The van der Waals surface area contributed by atoms with Crippen LogP contribution in [0.15, 0.2) is 12.3 Å². The number of hydrogen-bond acceptors (Lipinski definition) is 7. The zero-order chi connectivity index (χ0) is 28.0. The van der Waals surface area contributed by atoms with E-state index in [0.717, 1.165) is 37.0 Å². The Balaban J connectivity index is 1.70. The number of halogens is 3. The van der Waals surface area contributed by atoms with Crippen LogP contribution < -0.4 is 10.6 Å². The van der Waals surface area contributed by atoms with Gasteiger partial charge < -0.3 is 20.6 Å². The zero-order valence-corrected chi connectivity index (χ0v) is 23.0. The lowest BCUT2D eigenvalue weighted by Gasteiger charge is -2.26. The van der Waals surface area contributed by atoms with Gasteiger partial charge in [-0.2, -0.15) is 13.2 Å². The number of anilines is 1. The van der Waals surface area contributed by atoms with E-state index in [1.807, 2.05) is 4.90 Å². The number of fused-ring (bicyclic) bond motifs is 2. The van der Waals surface area contributed by atoms with Gasteiger partial charge in [0.05, 0.1) is 16.5 Å². The minimum absolute atomic E-state index is 0.0655. The molecule has 2 atom stereocenters. The van der Waals surface area contributed by atoms with Gasteiger partial charge in [0.1, 0.15) is 17.6 Å². The number of rotatable bonds is 8. The first-order chi connectivity index (χ1) is 17.7. The molecule has 4 rings (SSSR count). The first-order valence-corrected chi connectivity index (χ1v) is 13.7. The normalized spacial score (nSPS) is 20.9. The van der Waals surface area contributed by atoms with Gasteiger partial charge in [0.2, 0.25) is 0 Å². The number of pyridine rings is 1. The molecule has 38 heavy (non-hydrogen) atoms. The molecule has 3 N–H and O–H groups in total. The molecule has 0 spiro atoms. The van der Waals surface area contributed by atoms with Crippen LogP contribution in [0.5, 0.6) is 0 Å². The van der Waals surface area contributed by atoms with Crippen LogP contribution >= 0.6 is 11.3 Å². The molecular formula is C26H34F3N5O3S. The van der Waals surface area contributed by atoms with Crippen LogP contribution in [0, 0.1) is 6.92 Å². The van der Waals surface area contributed by atoms with E-state index in [1.165, 1.54) is 19.2 Å². The topological polar surface area (TPSA) is 107 Å². The van der Waals surface area contributed by atoms with Gasteiger partial charge >= 0.3 is 6.18 Å². The van der Waals surface area contributed by atoms with E-state index in [4.69, 9.17) is 0 Å². The highest BCUT2D eigenvalue weighted by atomic mass is 32.1. The molecule has 2 aromatic heterocycles. The number of aryl methyl sites for hydroxylation is 1. The Morgan fingerprint density at radius 3 is 2.32 bits per heavy atom. The van der Waals surface area contributed by atoms with Crippen molar-refractivity contribution in [1.82, 2.24) is 20.2 Å². The van der Waals surface area contributed by atoms with E-state index in [2.05, 4.69) is 20.6 Å². The van der Waals surface area contributed by atoms with Crippen molar-refractivity contribution >= 4 is 29.0 Å². The number of aromatic nitrogens is 2. The second-order valence-corrected chi connectivity index (χ2v) is 11.8. The molecule has 2 aliphatic heterocycles. The molecule has 0 radical (unpaired) electrons. The van der Waals surface area contributed by atoms with Gasteiger partial charge in [0.15, 0.2) is 5.01 Å². The molecule has 4 heterocycles. The maximum atomic E-state index is 13.7. The molecular weight excluding hydrogens is 519 g/mol. The van der Waals surface area contributed by atoms with Gasteiger partial charge in [-0.1, -0.05) is 6.92 Å². The third kappa shape index (κ3) is 5.66. The lowest BCUT2D eigenvalue weighted by atomic mass is 10.0. The van der Waals surface area contributed by atoms with Crippen molar-refractivity contribution in [3.05, 3.63) is 28.5 Å². The third-order valence-electron chi connectivity index (χ3n) is 7.60. The average Bonchev–Trinajstić information content (AvgIpc) is 3.55. The summed E-state index contributed by atoms with van der Waals surface area (Å²) in [7, 11) is 0. The van der Waals surface area contributed by atoms with Crippen molar-refractivity contribution in [3.8, 4) is 10.4 Å². The van der Waals surface area contributed by atoms with E-state index in [0.29, 0.717) is 16.0 Å². The summed E-state index contributed by atoms with van der Waals surface area (Å²) in [6.45, 7) is 8.00. The monoisotopic (exact) mass is 553 g/mol. The zero-order valence-electron chi connectivity index (χ0n) is 22.1. The van der Waals surface area contributed by atoms with Gasteiger partial charge in [-0.15, -0.1) is 11.3 Å². The lowest BCUT2D eigenvalue weighted by molar-refractivity contribution is -0.142. The van der Waals surface area contributed by atoms with Crippen LogP contribution in [-0.4, -0.2) is 67.7 Å². The molecule has 2 aromatic rings. The summed E-state index contributed by atoms with van der Waals surface area (Å²) < 4.78 is 39.8. The van der Waals surface area contributed by atoms with Crippen LogP contribution in [0.4, 0.5) is 19.0 Å². The lowest BCUT2D eigenvalue weighted by Crippen LogP contribution is -2.47. The Labute approximate surface area is 224 Å². The fourth-order valence-corrected chi connectivity index (χ4v) is 6.05. The molecule has 208 valence electrons. The average molecular weight is 554 g/mol. The number of thiazole rings is 1. The highest BCUT2D eigenvalue weighted by Gasteiger charge is 2.44. The van der Waals surface area contributed by atoms with E-state index in [-0.39, 0.29) is 40.9 Å². The molecule has 2 saturated heterocycles. The summed E-state index contributed by atoms with van der Waals surface area (Å²) in [5.41, 5.74) is 0.0948. The van der Waals surface area contributed by atoms with Gasteiger partial charge in [0.25, 0.3) is 11.8 Å². The quantitative estimate of drug-likeness (QED) is 0.428.